The zero-order valence-electron chi connectivity index (χ0n) is 11.7. The lowest BCUT2D eigenvalue weighted by Crippen LogP contribution is -2.40. The van der Waals surface area contributed by atoms with Crippen LogP contribution in [0.5, 0.6) is 0 Å². The van der Waals surface area contributed by atoms with E-state index in [1.54, 1.807) is 12.1 Å². The van der Waals surface area contributed by atoms with Gasteiger partial charge in [0.1, 0.15) is 0 Å². The Labute approximate surface area is 129 Å². The highest BCUT2D eigenvalue weighted by Gasteiger charge is 2.48. The van der Waals surface area contributed by atoms with Crippen molar-refractivity contribution < 1.29 is 33.1 Å². The molecule has 9 heteroatoms. The molecule has 3 amide bonds. The van der Waals surface area contributed by atoms with Crippen LogP contribution in [0.15, 0.2) is 24.3 Å². The monoisotopic (exact) mass is 326 g/mol. The van der Waals surface area contributed by atoms with Gasteiger partial charge in [0.2, 0.25) is 0 Å². The summed E-state index contributed by atoms with van der Waals surface area (Å²) < 4.78 is 26.7. The molecule has 0 aromatic heterocycles. The fourth-order valence-electron chi connectivity index (χ4n) is 2.72. The molecule has 7 nitrogen and oxygen atoms in total. The van der Waals surface area contributed by atoms with E-state index in [0.717, 1.165) is 0 Å². The van der Waals surface area contributed by atoms with Gasteiger partial charge in [0.25, 0.3) is 17.7 Å². The summed E-state index contributed by atoms with van der Waals surface area (Å²) in [7, 11) is 0. The van der Waals surface area contributed by atoms with Crippen LogP contribution in [0.4, 0.5) is 13.6 Å². The van der Waals surface area contributed by atoms with Gasteiger partial charge in [-0.2, -0.15) is 0 Å². The summed E-state index contributed by atoms with van der Waals surface area (Å²) in [6.07, 6.45) is -2.22. The van der Waals surface area contributed by atoms with Crippen molar-refractivity contribution in [2.75, 3.05) is 13.2 Å². The van der Waals surface area contributed by atoms with E-state index < -0.39 is 49.4 Å². The molecule has 0 spiro atoms. The number of rotatable bonds is 3. The predicted molar refractivity (Wildman–Crippen MR) is 71.0 cm³/mol. The van der Waals surface area contributed by atoms with Gasteiger partial charge < -0.3 is 5.11 Å². The van der Waals surface area contributed by atoms with Crippen molar-refractivity contribution in [2.24, 2.45) is 0 Å². The number of halogens is 2. The Hall–Kier alpha value is -2.55. The highest BCUT2D eigenvalue weighted by Crippen LogP contribution is 2.32. The lowest BCUT2D eigenvalue weighted by Gasteiger charge is -2.22. The van der Waals surface area contributed by atoms with E-state index in [1.807, 2.05) is 0 Å². The number of alkyl halides is 2. The summed E-state index contributed by atoms with van der Waals surface area (Å²) in [6, 6.07) is 4.93. The van der Waals surface area contributed by atoms with Crippen LogP contribution >= 0.6 is 0 Å². The van der Waals surface area contributed by atoms with Crippen LogP contribution in [-0.2, 0) is 4.84 Å². The molecule has 1 aromatic carbocycles. The molecule has 3 rings (SSSR count). The fourth-order valence-corrected chi connectivity index (χ4v) is 2.72. The predicted octanol–water partition coefficient (Wildman–Crippen LogP) is 1.60. The van der Waals surface area contributed by atoms with Gasteiger partial charge in [-0.05, 0) is 12.1 Å². The third-order valence-electron chi connectivity index (χ3n) is 3.78. The summed E-state index contributed by atoms with van der Waals surface area (Å²) >= 11 is 0. The van der Waals surface area contributed by atoms with Gasteiger partial charge in [0, 0.05) is 6.42 Å². The maximum Gasteiger partial charge on any atom is 0.407 e. The Morgan fingerprint density at radius 2 is 1.83 bits per heavy atom. The molecule has 1 fully saturated rings. The van der Waals surface area contributed by atoms with Crippen molar-refractivity contribution in [1.29, 1.82) is 0 Å². The standard InChI is InChI=1S/C14H12F2N2O5/c15-14(16)5-8(17(7-14)13(21)22)6-23-18-11(19)9-3-1-2-4-10(9)12(18)20/h1-4,8H,5-7H2,(H,21,22)/t8-/m0/s1. The van der Waals surface area contributed by atoms with Gasteiger partial charge in [0.15, 0.2) is 0 Å². The molecule has 0 aliphatic carbocycles. The molecule has 0 saturated carbocycles. The number of hydrogen-bond acceptors (Lipinski definition) is 4. The largest absolute Gasteiger partial charge is 0.465 e. The van der Waals surface area contributed by atoms with Gasteiger partial charge in [-0.3, -0.25) is 19.3 Å². The number of likely N-dealkylation sites (tertiary alicyclic amines) is 1. The first-order valence-corrected chi connectivity index (χ1v) is 6.78. The average Bonchev–Trinajstić information content (AvgIpc) is 2.93. The molecule has 2 heterocycles. The van der Waals surface area contributed by atoms with E-state index in [2.05, 4.69) is 0 Å². The van der Waals surface area contributed by atoms with Gasteiger partial charge in [-0.1, -0.05) is 12.1 Å². The second kappa shape index (κ2) is 5.27. The third kappa shape index (κ3) is 2.63. The molecule has 1 aromatic rings. The van der Waals surface area contributed by atoms with Gasteiger partial charge in [0.05, 0.1) is 30.3 Å². The molecule has 1 saturated heterocycles. The molecule has 122 valence electrons. The Morgan fingerprint density at radius 3 is 2.35 bits per heavy atom. The lowest BCUT2D eigenvalue weighted by atomic mass is 10.1. The molecule has 1 N–H and O–H groups in total. The molecule has 23 heavy (non-hydrogen) atoms. The average molecular weight is 326 g/mol. The van der Waals surface area contributed by atoms with E-state index >= 15 is 0 Å². The smallest absolute Gasteiger partial charge is 0.407 e. The SMILES string of the molecule is O=C1c2ccccc2C(=O)N1OC[C@@H]1CC(F)(F)CN1C(=O)O. The van der Waals surface area contributed by atoms with Crippen LogP contribution in [0, 0.1) is 0 Å². The van der Waals surface area contributed by atoms with E-state index in [9.17, 15) is 23.2 Å². The fraction of sp³-hybridized carbons (Fsp3) is 0.357. The Balaban J connectivity index is 1.71. The minimum absolute atomic E-state index is 0.157. The molecular formula is C14H12F2N2O5. The first-order chi connectivity index (χ1) is 10.8. The van der Waals surface area contributed by atoms with Crippen LogP contribution in [0.25, 0.3) is 0 Å². The first-order valence-electron chi connectivity index (χ1n) is 6.78. The summed E-state index contributed by atoms with van der Waals surface area (Å²) in [6.45, 7) is -1.44. The van der Waals surface area contributed by atoms with Crippen LogP contribution in [0.1, 0.15) is 27.1 Å². The summed E-state index contributed by atoms with van der Waals surface area (Å²) in [4.78, 5) is 40.7. The van der Waals surface area contributed by atoms with Crippen molar-refractivity contribution in [3.8, 4) is 0 Å². The zero-order valence-corrected chi connectivity index (χ0v) is 11.7. The normalized spacial score (nSPS) is 22.6. The second-order valence-electron chi connectivity index (χ2n) is 5.37. The Kier molecular flexibility index (Phi) is 3.52. The Bertz CT molecular complexity index is 659. The molecule has 2 aliphatic rings. The maximum atomic E-state index is 13.4. The van der Waals surface area contributed by atoms with Crippen LogP contribution in [-0.4, -0.2) is 58.1 Å². The molecule has 0 unspecified atom stereocenters. The quantitative estimate of drug-likeness (QED) is 0.853. The molecule has 1 atom stereocenters. The van der Waals surface area contributed by atoms with Gasteiger partial charge >= 0.3 is 6.09 Å². The highest BCUT2D eigenvalue weighted by atomic mass is 19.3. The van der Waals surface area contributed by atoms with Crippen molar-refractivity contribution in [1.82, 2.24) is 9.96 Å². The number of nitrogens with zero attached hydrogens (tertiary/aromatic N) is 2. The van der Waals surface area contributed by atoms with Crippen LogP contribution in [0.3, 0.4) is 0 Å². The molecule has 0 radical (unpaired) electrons. The zero-order chi connectivity index (χ0) is 16.8. The maximum absolute atomic E-state index is 13.4. The van der Waals surface area contributed by atoms with Crippen molar-refractivity contribution in [2.45, 2.75) is 18.4 Å². The number of benzene rings is 1. The second-order valence-corrected chi connectivity index (χ2v) is 5.37. The van der Waals surface area contributed by atoms with Crippen molar-refractivity contribution >= 4 is 17.9 Å². The summed E-state index contributed by atoms with van der Waals surface area (Å²) in [5.41, 5.74) is 0.314. The van der Waals surface area contributed by atoms with Gasteiger partial charge in [-0.15, -0.1) is 5.06 Å². The van der Waals surface area contributed by atoms with E-state index in [-0.39, 0.29) is 11.1 Å². The summed E-state index contributed by atoms with van der Waals surface area (Å²) in [5.74, 6) is -4.55. The Morgan fingerprint density at radius 1 is 1.26 bits per heavy atom. The van der Waals surface area contributed by atoms with E-state index in [4.69, 9.17) is 9.94 Å². The number of carboxylic acid groups (broad SMARTS) is 1. The van der Waals surface area contributed by atoms with E-state index in [1.165, 1.54) is 12.1 Å². The molecular weight excluding hydrogens is 314 g/mol. The van der Waals surface area contributed by atoms with Crippen LogP contribution < -0.4 is 0 Å². The van der Waals surface area contributed by atoms with Gasteiger partial charge in [-0.25, -0.2) is 13.6 Å². The lowest BCUT2D eigenvalue weighted by molar-refractivity contribution is -0.103. The number of carbonyl (C=O) groups is 3. The number of imide groups is 1. The van der Waals surface area contributed by atoms with E-state index in [0.29, 0.717) is 9.96 Å². The minimum atomic E-state index is -3.16. The number of carbonyl (C=O) groups excluding carboxylic acids is 2. The van der Waals surface area contributed by atoms with Crippen molar-refractivity contribution in [3.63, 3.8) is 0 Å². The number of fused-ring (bicyclic) bond motifs is 1. The summed E-state index contributed by atoms with van der Waals surface area (Å²) in [5, 5.41) is 9.43. The minimum Gasteiger partial charge on any atom is -0.465 e. The highest BCUT2D eigenvalue weighted by molar-refractivity contribution is 6.20. The number of hydroxylamine groups is 2. The molecule has 0 bridgehead atoms. The molecule has 2 aliphatic heterocycles. The van der Waals surface area contributed by atoms with Crippen molar-refractivity contribution in [3.05, 3.63) is 35.4 Å². The number of hydrogen-bond donors (Lipinski definition) is 1. The first kappa shape index (κ1) is 15.3. The number of amides is 3. The third-order valence-corrected chi connectivity index (χ3v) is 3.78. The van der Waals surface area contributed by atoms with Crippen LogP contribution in [0.2, 0.25) is 0 Å². The topological polar surface area (TPSA) is 87.2 Å².